The van der Waals surface area contributed by atoms with Crippen LogP contribution in [0.5, 0.6) is 11.5 Å². The van der Waals surface area contributed by atoms with Crippen molar-refractivity contribution in [3.05, 3.63) is 59.2 Å². The van der Waals surface area contributed by atoms with Gasteiger partial charge in [0.1, 0.15) is 23.7 Å². The first-order chi connectivity index (χ1) is 17.2. The summed E-state index contributed by atoms with van der Waals surface area (Å²) in [7, 11) is 0. The van der Waals surface area contributed by atoms with Crippen LogP contribution in [-0.4, -0.2) is 70.4 Å². The van der Waals surface area contributed by atoms with Crippen molar-refractivity contribution in [1.82, 2.24) is 0 Å². The molecule has 0 spiro atoms. The Morgan fingerprint density at radius 1 is 0.889 bits per heavy atom. The fraction of sp³-hybridized carbons (Fsp3) is 0.571. The fourth-order valence-corrected chi connectivity index (χ4v) is 5.17. The third-order valence-electron chi connectivity index (χ3n) is 7.19. The predicted octanol–water partition coefficient (Wildman–Crippen LogP) is 3.01. The highest BCUT2D eigenvalue weighted by molar-refractivity contribution is 5.38. The van der Waals surface area contributed by atoms with Gasteiger partial charge in [0, 0.05) is 18.3 Å². The molecule has 2 fully saturated rings. The quantitative estimate of drug-likeness (QED) is 0.457. The Labute approximate surface area is 212 Å². The van der Waals surface area contributed by atoms with Crippen LogP contribution in [0, 0.1) is 25.7 Å². The van der Waals surface area contributed by atoms with Crippen LogP contribution in [0.4, 0.5) is 0 Å². The number of benzene rings is 2. The predicted molar refractivity (Wildman–Crippen MR) is 133 cm³/mol. The summed E-state index contributed by atoms with van der Waals surface area (Å²) in [6.45, 7) is 7.15. The fourth-order valence-electron chi connectivity index (χ4n) is 5.17. The zero-order valence-corrected chi connectivity index (χ0v) is 21.3. The van der Waals surface area contributed by atoms with E-state index in [0.29, 0.717) is 12.2 Å². The van der Waals surface area contributed by atoms with Gasteiger partial charge in [0.25, 0.3) is 0 Å². The molecule has 9 atom stereocenters. The molecule has 36 heavy (non-hydrogen) atoms. The molecule has 0 aliphatic carbocycles. The molecule has 0 amide bonds. The highest BCUT2D eigenvalue weighted by atomic mass is 16.7. The Hall–Kier alpha value is -2.04. The van der Waals surface area contributed by atoms with Gasteiger partial charge in [-0.1, -0.05) is 32.0 Å². The number of aliphatic hydroxyl groups is 4. The van der Waals surface area contributed by atoms with E-state index in [2.05, 4.69) is 6.07 Å². The number of hydrogen-bond donors (Lipinski definition) is 4. The van der Waals surface area contributed by atoms with Crippen LogP contribution in [0.15, 0.2) is 42.5 Å². The smallest absolute Gasteiger partial charge is 0.163 e. The van der Waals surface area contributed by atoms with Crippen LogP contribution in [0.1, 0.15) is 43.1 Å². The van der Waals surface area contributed by atoms with E-state index in [9.17, 15) is 20.4 Å². The summed E-state index contributed by atoms with van der Waals surface area (Å²) in [5.74, 6) is 0.723. The summed E-state index contributed by atoms with van der Waals surface area (Å²) in [6.07, 6.45) is -4.92. The summed E-state index contributed by atoms with van der Waals surface area (Å²) < 4.78 is 24.4. The third-order valence-corrected chi connectivity index (χ3v) is 7.19. The molecule has 198 valence electrons. The van der Waals surface area contributed by atoms with Gasteiger partial charge in [-0.05, 0) is 54.8 Å². The van der Waals surface area contributed by atoms with Crippen molar-refractivity contribution < 1.29 is 39.4 Å². The molecule has 8 nitrogen and oxygen atoms in total. The maximum atomic E-state index is 11.0. The summed E-state index contributed by atoms with van der Waals surface area (Å²) in [6, 6.07) is 13.6. The molecule has 2 aromatic carbocycles. The lowest BCUT2D eigenvalue weighted by atomic mass is 9.84. The molecule has 0 unspecified atom stereocenters. The topological polar surface area (TPSA) is 118 Å². The summed E-state index contributed by atoms with van der Waals surface area (Å²) >= 11 is 0. The Morgan fingerprint density at radius 3 is 2.28 bits per heavy atom. The van der Waals surface area contributed by atoms with Gasteiger partial charge in [-0.25, -0.2) is 0 Å². The highest BCUT2D eigenvalue weighted by Gasteiger charge is 2.47. The standard InChI is InChI=1S/C28H38O8/c1-15-8-16(2)10-21(9-15)33-20-7-5-6-19(11-20)26-18(4)27(25(32)24(14-30)35-26)36-28-17(3)23(31)12-22(13-29)34-28/h5-11,17-18,22-32H,12-14H2,1-4H3/t17-,18+,22-,23-,24+,25+,26-,27+,28+/m0/s1. The summed E-state index contributed by atoms with van der Waals surface area (Å²) in [4.78, 5) is 0. The van der Waals surface area contributed by atoms with Crippen LogP contribution in [0.3, 0.4) is 0 Å². The number of aliphatic hydroxyl groups excluding tert-OH is 4. The largest absolute Gasteiger partial charge is 0.457 e. The van der Waals surface area contributed by atoms with Gasteiger partial charge >= 0.3 is 0 Å². The molecule has 4 N–H and O–H groups in total. The van der Waals surface area contributed by atoms with E-state index in [1.165, 1.54) is 0 Å². The second kappa shape index (κ2) is 11.6. The second-order valence-electron chi connectivity index (χ2n) is 10.2. The van der Waals surface area contributed by atoms with Crippen molar-refractivity contribution in [3.8, 4) is 11.5 Å². The number of ether oxygens (including phenoxy) is 4. The lowest BCUT2D eigenvalue weighted by Gasteiger charge is -2.46. The maximum Gasteiger partial charge on any atom is 0.163 e. The molecular formula is C28H38O8. The first-order valence-electron chi connectivity index (χ1n) is 12.6. The molecule has 2 aromatic rings. The minimum Gasteiger partial charge on any atom is -0.457 e. The Morgan fingerprint density at radius 2 is 1.61 bits per heavy atom. The van der Waals surface area contributed by atoms with E-state index >= 15 is 0 Å². The van der Waals surface area contributed by atoms with E-state index in [-0.39, 0.29) is 25.0 Å². The minimum absolute atomic E-state index is 0.231. The van der Waals surface area contributed by atoms with Gasteiger partial charge in [0.15, 0.2) is 6.29 Å². The van der Waals surface area contributed by atoms with Crippen LogP contribution in [0.25, 0.3) is 0 Å². The second-order valence-corrected chi connectivity index (χ2v) is 10.2. The molecule has 0 aromatic heterocycles. The molecule has 0 bridgehead atoms. The van der Waals surface area contributed by atoms with E-state index in [4.69, 9.17) is 18.9 Å². The molecule has 0 radical (unpaired) electrons. The Bertz CT molecular complexity index is 993. The summed E-state index contributed by atoms with van der Waals surface area (Å²) in [5, 5.41) is 40.9. The van der Waals surface area contributed by atoms with Crippen LogP contribution >= 0.6 is 0 Å². The van der Waals surface area contributed by atoms with Crippen molar-refractivity contribution in [2.75, 3.05) is 13.2 Å². The van der Waals surface area contributed by atoms with Crippen molar-refractivity contribution >= 4 is 0 Å². The molecule has 4 rings (SSSR count). The van der Waals surface area contributed by atoms with Crippen LogP contribution in [0.2, 0.25) is 0 Å². The number of aryl methyl sites for hydroxylation is 2. The average Bonchev–Trinajstić information content (AvgIpc) is 2.83. The van der Waals surface area contributed by atoms with Crippen molar-refractivity contribution in [2.45, 2.75) is 77.0 Å². The van der Waals surface area contributed by atoms with Gasteiger partial charge < -0.3 is 39.4 Å². The van der Waals surface area contributed by atoms with Crippen molar-refractivity contribution in [1.29, 1.82) is 0 Å². The lowest BCUT2D eigenvalue weighted by molar-refractivity contribution is -0.307. The molecule has 2 saturated heterocycles. The first kappa shape index (κ1) is 27.0. The summed E-state index contributed by atoms with van der Waals surface area (Å²) in [5.41, 5.74) is 3.05. The van der Waals surface area contributed by atoms with E-state index in [1.807, 2.05) is 64.1 Å². The Kier molecular flexibility index (Phi) is 8.67. The van der Waals surface area contributed by atoms with Gasteiger partial charge in [-0.3, -0.25) is 0 Å². The number of hydrogen-bond acceptors (Lipinski definition) is 8. The molecule has 2 aliphatic heterocycles. The van der Waals surface area contributed by atoms with Gasteiger partial charge in [-0.2, -0.15) is 0 Å². The molecule has 2 aliphatic rings. The zero-order valence-electron chi connectivity index (χ0n) is 21.3. The minimum atomic E-state index is -1.10. The SMILES string of the molecule is Cc1cc(C)cc(Oc2cccc([C@H]3O[C@H](CO)[C@@H](O)[C@H](O[C@H]4O[C@H](CO)C[C@H](O)[C@@H]4C)[C@@H]3C)c2)c1. The van der Waals surface area contributed by atoms with Crippen molar-refractivity contribution in [2.24, 2.45) is 11.8 Å². The van der Waals surface area contributed by atoms with Crippen molar-refractivity contribution in [3.63, 3.8) is 0 Å². The van der Waals surface area contributed by atoms with Gasteiger partial charge in [0.05, 0.1) is 37.6 Å². The van der Waals surface area contributed by atoms with Crippen LogP contribution < -0.4 is 4.74 Å². The average molecular weight is 503 g/mol. The third kappa shape index (κ3) is 5.92. The first-order valence-corrected chi connectivity index (χ1v) is 12.6. The normalized spacial score (nSPS) is 34.9. The van der Waals surface area contributed by atoms with E-state index < -0.39 is 42.9 Å². The zero-order chi connectivity index (χ0) is 26.0. The van der Waals surface area contributed by atoms with E-state index in [0.717, 1.165) is 22.4 Å². The maximum absolute atomic E-state index is 11.0. The van der Waals surface area contributed by atoms with Gasteiger partial charge in [-0.15, -0.1) is 0 Å². The molecule has 8 heteroatoms. The lowest BCUT2D eigenvalue weighted by Crippen LogP contribution is -2.56. The van der Waals surface area contributed by atoms with Gasteiger partial charge in [0.2, 0.25) is 0 Å². The number of rotatable bonds is 7. The highest BCUT2D eigenvalue weighted by Crippen LogP contribution is 2.41. The molecule has 2 heterocycles. The molecule has 0 saturated carbocycles. The monoisotopic (exact) mass is 502 g/mol. The molecular weight excluding hydrogens is 464 g/mol. The van der Waals surface area contributed by atoms with Crippen LogP contribution in [-0.2, 0) is 14.2 Å². The Balaban J connectivity index is 1.56. The van der Waals surface area contributed by atoms with E-state index in [1.54, 1.807) is 0 Å².